The third-order valence-electron chi connectivity index (χ3n) is 5.36. The number of hydrogen-bond acceptors (Lipinski definition) is 5. The molecule has 0 saturated carbocycles. The zero-order valence-corrected chi connectivity index (χ0v) is 16.1. The van der Waals surface area contributed by atoms with Gasteiger partial charge < -0.3 is 19.2 Å². The number of benzene rings is 1. The summed E-state index contributed by atoms with van der Waals surface area (Å²) in [6.07, 6.45) is 3.79. The van der Waals surface area contributed by atoms with Gasteiger partial charge in [-0.15, -0.1) is 0 Å². The second kappa shape index (κ2) is 6.23. The topological polar surface area (TPSA) is 85.2 Å². The van der Waals surface area contributed by atoms with Gasteiger partial charge in [-0.05, 0) is 43.2 Å². The quantitative estimate of drug-likeness (QED) is 0.692. The number of aromatic nitrogens is 2. The summed E-state index contributed by atoms with van der Waals surface area (Å²) in [7, 11) is 0. The van der Waals surface area contributed by atoms with Crippen molar-refractivity contribution < 1.29 is 19.1 Å². The largest absolute Gasteiger partial charge is 0.486 e. The maximum atomic E-state index is 13.2. The van der Waals surface area contributed by atoms with E-state index < -0.39 is 11.6 Å². The van der Waals surface area contributed by atoms with Crippen molar-refractivity contribution in [3.8, 4) is 11.5 Å². The summed E-state index contributed by atoms with van der Waals surface area (Å²) >= 11 is 0. The Morgan fingerprint density at radius 2 is 1.90 bits per heavy atom. The average molecular weight is 392 g/mol. The summed E-state index contributed by atoms with van der Waals surface area (Å²) in [4.78, 5) is 31.6. The second-order valence-corrected chi connectivity index (χ2v) is 7.51. The third-order valence-corrected chi connectivity index (χ3v) is 5.36. The zero-order valence-electron chi connectivity index (χ0n) is 16.1. The fourth-order valence-corrected chi connectivity index (χ4v) is 3.78. The number of imide groups is 1. The van der Waals surface area contributed by atoms with E-state index in [9.17, 15) is 9.59 Å². The van der Waals surface area contributed by atoms with Crippen molar-refractivity contribution in [2.75, 3.05) is 13.2 Å². The lowest BCUT2D eigenvalue weighted by Gasteiger charge is -2.25. The van der Waals surface area contributed by atoms with Gasteiger partial charge in [-0.1, -0.05) is 12.1 Å². The lowest BCUT2D eigenvalue weighted by Crippen LogP contribution is -2.41. The molecule has 5 rings (SSSR count). The van der Waals surface area contributed by atoms with Crippen LogP contribution in [-0.4, -0.2) is 39.4 Å². The average Bonchev–Trinajstić information content (AvgIpc) is 3.21. The molecule has 4 heterocycles. The van der Waals surface area contributed by atoms with Gasteiger partial charge in [0.1, 0.15) is 24.4 Å². The number of aryl methyl sites for hydroxylation is 1. The Bertz CT molecular complexity index is 1150. The van der Waals surface area contributed by atoms with Gasteiger partial charge in [-0.25, -0.2) is 9.78 Å². The van der Waals surface area contributed by atoms with Crippen LogP contribution in [0.25, 0.3) is 5.65 Å². The molecule has 148 valence electrons. The van der Waals surface area contributed by atoms with E-state index >= 15 is 0 Å². The number of nitrogens with zero attached hydrogens (tertiary/aromatic N) is 3. The van der Waals surface area contributed by atoms with Crippen LogP contribution in [0.4, 0.5) is 4.79 Å². The van der Waals surface area contributed by atoms with Crippen LogP contribution in [0.3, 0.4) is 0 Å². The van der Waals surface area contributed by atoms with Crippen LogP contribution in [0.5, 0.6) is 11.5 Å². The van der Waals surface area contributed by atoms with E-state index in [4.69, 9.17) is 9.47 Å². The lowest BCUT2D eigenvalue weighted by molar-refractivity contribution is -0.131. The zero-order chi connectivity index (χ0) is 20.2. The van der Waals surface area contributed by atoms with Crippen LogP contribution in [-0.2, 0) is 16.9 Å². The smallest absolute Gasteiger partial charge is 0.325 e. The molecule has 29 heavy (non-hydrogen) atoms. The highest BCUT2D eigenvalue weighted by atomic mass is 16.6. The number of pyridine rings is 1. The van der Waals surface area contributed by atoms with Crippen molar-refractivity contribution >= 4 is 17.6 Å². The molecule has 3 amide bonds. The van der Waals surface area contributed by atoms with Crippen LogP contribution in [0, 0.1) is 6.92 Å². The minimum atomic E-state index is -1.18. The number of carbonyl (C=O) groups is 2. The van der Waals surface area contributed by atoms with Crippen molar-refractivity contribution in [2.24, 2.45) is 0 Å². The van der Waals surface area contributed by atoms with Crippen molar-refractivity contribution in [3.63, 3.8) is 0 Å². The molecule has 1 fully saturated rings. The third kappa shape index (κ3) is 2.79. The molecule has 8 nitrogen and oxygen atoms in total. The van der Waals surface area contributed by atoms with Crippen LogP contribution in [0.2, 0.25) is 0 Å². The van der Waals surface area contributed by atoms with E-state index in [2.05, 4.69) is 10.3 Å². The first kappa shape index (κ1) is 17.5. The highest BCUT2D eigenvalue weighted by Crippen LogP contribution is 2.37. The number of carbonyl (C=O) groups excluding carboxylic acids is 2. The molecular weight excluding hydrogens is 372 g/mol. The Kier molecular flexibility index (Phi) is 3.77. The molecule has 1 N–H and O–H groups in total. The van der Waals surface area contributed by atoms with E-state index in [0.717, 1.165) is 11.2 Å². The Labute approximate surface area is 167 Å². The van der Waals surface area contributed by atoms with Crippen molar-refractivity contribution in [1.29, 1.82) is 0 Å². The highest BCUT2D eigenvalue weighted by molar-refractivity contribution is 6.07. The number of fused-ring (bicyclic) bond motifs is 2. The Balaban J connectivity index is 1.44. The molecule has 2 aliphatic heterocycles. The van der Waals surface area contributed by atoms with Gasteiger partial charge in [0.2, 0.25) is 0 Å². The summed E-state index contributed by atoms with van der Waals surface area (Å²) in [6.45, 7) is 4.74. The maximum absolute atomic E-state index is 13.2. The molecule has 0 unspecified atom stereocenters. The van der Waals surface area contributed by atoms with E-state index in [1.54, 1.807) is 25.1 Å². The predicted molar refractivity (Wildman–Crippen MR) is 104 cm³/mol. The molecule has 8 heteroatoms. The lowest BCUT2D eigenvalue weighted by atomic mass is 9.91. The van der Waals surface area contributed by atoms with Gasteiger partial charge in [0.05, 0.1) is 12.2 Å². The number of hydrogen-bond donors (Lipinski definition) is 1. The van der Waals surface area contributed by atoms with Crippen LogP contribution in [0.15, 0.2) is 42.7 Å². The molecule has 2 aromatic heterocycles. The molecule has 0 radical (unpaired) electrons. The number of rotatable bonds is 3. The maximum Gasteiger partial charge on any atom is 0.325 e. The summed E-state index contributed by atoms with van der Waals surface area (Å²) in [5.74, 6) is 0.885. The van der Waals surface area contributed by atoms with Gasteiger partial charge in [0.15, 0.2) is 11.5 Å². The van der Waals surface area contributed by atoms with Crippen molar-refractivity contribution in [3.05, 3.63) is 59.5 Å². The summed E-state index contributed by atoms with van der Waals surface area (Å²) < 4.78 is 13.1. The van der Waals surface area contributed by atoms with Gasteiger partial charge in [0, 0.05) is 12.4 Å². The number of amides is 3. The molecule has 1 aromatic carbocycles. The first-order valence-corrected chi connectivity index (χ1v) is 9.42. The minimum absolute atomic E-state index is 0.103. The normalized spacial score (nSPS) is 21.0. The number of imidazole rings is 1. The van der Waals surface area contributed by atoms with Gasteiger partial charge in [0.25, 0.3) is 5.91 Å². The highest BCUT2D eigenvalue weighted by Gasteiger charge is 2.49. The van der Waals surface area contributed by atoms with E-state index in [-0.39, 0.29) is 12.5 Å². The summed E-state index contributed by atoms with van der Waals surface area (Å²) in [5, 5.41) is 2.82. The first-order chi connectivity index (χ1) is 13.9. The first-order valence-electron chi connectivity index (χ1n) is 9.42. The Morgan fingerprint density at radius 3 is 2.72 bits per heavy atom. The van der Waals surface area contributed by atoms with Crippen molar-refractivity contribution in [2.45, 2.75) is 25.9 Å². The summed E-state index contributed by atoms with van der Waals surface area (Å²) in [5.41, 5.74) is 1.98. The molecule has 2 aliphatic rings. The molecular formula is C21H20N4O4. The fourth-order valence-electron chi connectivity index (χ4n) is 3.78. The Morgan fingerprint density at radius 1 is 1.10 bits per heavy atom. The van der Waals surface area contributed by atoms with Gasteiger partial charge in [-0.2, -0.15) is 0 Å². The van der Waals surface area contributed by atoms with Crippen molar-refractivity contribution in [1.82, 2.24) is 19.6 Å². The summed E-state index contributed by atoms with van der Waals surface area (Å²) in [6, 6.07) is 8.73. The SMILES string of the molecule is Cc1ccc2nc(CN3C(=O)N[C@@](C)(c4ccc5c(c4)OCCO5)C3=O)cn2c1. The molecule has 3 aromatic rings. The number of ether oxygens (including phenoxy) is 2. The Hall–Kier alpha value is -3.55. The minimum Gasteiger partial charge on any atom is -0.486 e. The molecule has 0 aliphatic carbocycles. The second-order valence-electron chi connectivity index (χ2n) is 7.51. The van der Waals surface area contributed by atoms with E-state index in [1.807, 2.05) is 35.9 Å². The predicted octanol–water partition coefficient (Wildman–Crippen LogP) is 2.38. The standard InChI is InChI=1S/C21H20N4O4/c1-13-3-6-18-22-15(11-24(18)10-13)12-25-19(26)21(2,23-20(25)27)14-4-5-16-17(9-14)29-8-7-28-16/h3-6,9-11H,7-8,12H2,1-2H3,(H,23,27)/t21-/m0/s1. The van der Waals surface area contributed by atoms with E-state index in [1.165, 1.54) is 4.90 Å². The van der Waals surface area contributed by atoms with Crippen LogP contribution in [0.1, 0.15) is 23.7 Å². The molecule has 0 bridgehead atoms. The molecule has 0 spiro atoms. The van der Waals surface area contributed by atoms with Gasteiger partial charge >= 0.3 is 6.03 Å². The number of urea groups is 1. The number of nitrogens with one attached hydrogen (secondary N) is 1. The monoisotopic (exact) mass is 392 g/mol. The van der Waals surface area contributed by atoms with Crippen LogP contribution >= 0.6 is 0 Å². The van der Waals surface area contributed by atoms with Gasteiger partial charge in [-0.3, -0.25) is 9.69 Å². The molecule has 1 atom stereocenters. The fraction of sp³-hybridized carbons (Fsp3) is 0.286. The molecule has 1 saturated heterocycles. The van der Waals surface area contributed by atoms with Crippen LogP contribution < -0.4 is 14.8 Å². The van der Waals surface area contributed by atoms with E-state index in [0.29, 0.717) is 36.0 Å².